The van der Waals surface area contributed by atoms with Crippen LogP contribution in [-0.4, -0.2) is 27.5 Å². The molecule has 0 aliphatic carbocycles. The average Bonchev–Trinajstić information content (AvgIpc) is 2.42. The number of carbonyl (C=O) groups excluding carboxylic acids is 1. The smallest absolute Gasteiger partial charge is 0.311 e. The predicted octanol–water partition coefficient (Wildman–Crippen LogP) is 4.14. The maximum Gasteiger partial charge on any atom is 0.311 e. The lowest BCUT2D eigenvalue weighted by molar-refractivity contribution is -0.385. The number of ether oxygens (including phenoxy) is 1. The summed E-state index contributed by atoms with van der Waals surface area (Å²) >= 11 is 14.2. The molecule has 0 spiro atoms. The maximum absolute atomic E-state index is 11.6. The number of halogens is 3. The monoisotopic (exact) mass is 383 g/mol. The van der Waals surface area contributed by atoms with Crippen LogP contribution in [0.2, 0.25) is 0 Å². The van der Waals surface area contributed by atoms with Gasteiger partial charge >= 0.3 is 5.69 Å². The number of rotatable bonds is 8. The highest BCUT2D eigenvalue weighted by Gasteiger charge is 2.21. The van der Waals surface area contributed by atoms with Gasteiger partial charge in [-0.2, -0.15) is 0 Å². The van der Waals surface area contributed by atoms with Gasteiger partial charge in [-0.3, -0.25) is 14.9 Å². The Morgan fingerprint density at radius 1 is 1.40 bits per heavy atom. The van der Waals surface area contributed by atoms with Crippen LogP contribution in [0, 0.1) is 10.1 Å². The molecule has 0 unspecified atom stereocenters. The molecule has 0 bridgehead atoms. The van der Waals surface area contributed by atoms with Gasteiger partial charge in [0.15, 0.2) is 16.4 Å². The minimum atomic E-state index is -1.25. The third-order valence-corrected chi connectivity index (χ3v) is 3.38. The molecule has 0 N–H and O–H groups in total. The van der Waals surface area contributed by atoms with E-state index in [1.54, 1.807) is 0 Å². The number of benzene rings is 1. The molecule has 1 rings (SSSR count). The van der Waals surface area contributed by atoms with E-state index in [2.05, 4.69) is 15.9 Å². The fourth-order valence-corrected chi connectivity index (χ4v) is 2.09. The van der Waals surface area contributed by atoms with E-state index in [1.165, 1.54) is 12.1 Å². The first kappa shape index (κ1) is 17.2. The molecule has 0 aliphatic heterocycles. The van der Waals surface area contributed by atoms with Crippen LogP contribution in [0.5, 0.6) is 5.75 Å². The second-order valence-electron chi connectivity index (χ2n) is 3.85. The second-order valence-corrected chi connectivity index (χ2v) is 5.74. The van der Waals surface area contributed by atoms with Crippen molar-refractivity contribution in [2.75, 3.05) is 11.9 Å². The number of carbonyl (C=O) groups is 1. The highest BCUT2D eigenvalue weighted by molar-refractivity contribution is 9.09. The number of nitro groups is 1. The quantitative estimate of drug-likeness (QED) is 0.222. The Hall–Kier alpha value is -0.850. The molecule has 5 nitrogen and oxygen atoms in total. The summed E-state index contributed by atoms with van der Waals surface area (Å²) < 4.78 is 5.36. The van der Waals surface area contributed by atoms with Crippen molar-refractivity contribution in [3.8, 4) is 5.75 Å². The third kappa shape index (κ3) is 4.92. The number of hydrogen-bond donors (Lipinski definition) is 0. The Bertz CT molecular complexity index is 496. The summed E-state index contributed by atoms with van der Waals surface area (Å²) in [4.78, 5) is 20.7. The zero-order valence-corrected chi connectivity index (χ0v) is 13.4. The van der Waals surface area contributed by atoms with E-state index in [-0.39, 0.29) is 17.0 Å². The Balaban J connectivity index is 2.91. The van der Waals surface area contributed by atoms with Gasteiger partial charge in [0.25, 0.3) is 0 Å². The van der Waals surface area contributed by atoms with Gasteiger partial charge in [0.2, 0.25) is 0 Å². The second kappa shape index (κ2) is 8.44. The zero-order chi connectivity index (χ0) is 15.1. The zero-order valence-electron chi connectivity index (χ0n) is 10.4. The van der Waals surface area contributed by atoms with Gasteiger partial charge in [-0.1, -0.05) is 39.1 Å². The standard InChI is InChI=1S/C12H12BrCl2NO4/c13-5-1-2-6-20-10-4-3-8(11(17)12(14)15)7-9(10)16(18)19/h3-4,7,12H,1-2,5-6H2. The summed E-state index contributed by atoms with van der Waals surface area (Å²) in [5, 5.41) is 11.8. The van der Waals surface area contributed by atoms with Gasteiger partial charge in [-0.05, 0) is 25.0 Å². The normalized spacial score (nSPS) is 10.6. The molecule has 0 fully saturated rings. The van der Waals surface area contributed by atoms with Crippen molar-refractivity contribution in [3.63, 3.8) is 0 Å². The largest absolute Gasteiger partial charge is 0.487 e. The van der Waals surface area contributed by atoms with Gasteiger partial charge in [0.05, 0.1) is 11.5 Å². The van der Waals surface area contributed by atoms with Crippen molar-refractivity contribution in [3.05, 3.63) is 33.9 Å². The van der Waals surface area contributed by atoms with E-state index in [0.717, 1.165) is 24.2 Å². The number of hydrogen-bond acceptors (Lipinski definition) is 4. The van der Waals surface area contributed by atoms with Crippen molar-refractivity contribution in [1.82, 2.24) is 0 Å². The van der Waals surface area contributed by atoms with Crippen molar-refractivity contribution in [2.24, 2.45) is 0 Å². The lowest BCUT2D eigenvalue weighted by Gasteiger charge is -2.08. The fraction of sp³-hybridized carbons (Fsp3) is 0.417. The molecule has 20 heavy (non-hydrogen) atoms. The molecule has 1 aromatic carbocycles. The molecule has 0 aliphatic rings. The van der Waals surface area contributed by atoms with E-state index >= 15 is 0 Å². The van der Waals surface area contributed by atoms with Crippen LogP contribution >= 0.6 is 39.1 Å². The van der Waals surface area contributed by atoms with E-state index in [9.17, 15) is 14.9 Å². The molecular formula is C12H12BrCl2NO4. The van der Waals surface area contributed by atoms with Crippen molar-refractivity contribution in [1.29, 1.82) is 0 Å². The summed E-state index contributed by atoms with van der Waals surface area (Å²) in [7, 11) is 0. The molecule has 0 saturated carbocycles. The first-order valence-corrected chi connectivity index (χ1v) is 7.76. The topological polar surface area (TPSA) is 69.4 Å². The van der Waals surface area contributed by atoms with Gasteiger partial charge in [-0.25, -0.2) is 0 Å². The first-order chi connectivity index (χ1) is 9.47. The summed E-state index contributed by atoms with van der Waals surface area (Å²) in [6, 6.07) is 3.92. The molecule has 0 amide bonds. The third-order valence-electron chi connectivity index (χ3n) is 2.42. The number of Topliss-reactive ketones (excluding diaryl/α,β-unsaturated/α-hetero) is 1. The Morgan fingerprint density at radius 2 is 2.10 bits per heavy atom. The number of nitrogens with zero attached hydrogens (tertiary/aromatic N) is 1. The van der Waals surface area contributed by atoms with Crippen LogP contribution in [-0.2, 0) is 0 Å². The first-order valence-electron chi connectivity index (χ1n) is 5.77. The van der Waals surface area contributed by atoms with Crippen molar-refractivity contribution < 1.29 is 14.5 Å². The predicted molar refractivity (Wildman–Crippen MR) is 81.4 cm³/mol. The molecule has 0 atom stereocenters. The van der Waals surface area contributed by atoms with Crippen LogP contribution in [0.25, 0.3) is 0 Å². The maximum atomic E-state index is 11.6. The number of unbranched alkanes of at least 4 members (excludes halogenated alkanes) is 1. The fourth-order valence-electron chi connectivity index (χ4n) is 1.44. The molecule has 8 heteroatoms. The summed E-state index contributed by atoms with van der Waals surface area (Å²) in [6.07, 6.45) is 1.68. The molecule has 0 saturated heterocycles. The highest BCUT2D eigenvalue weighted by atomic mass is 79.9. The Morgan fingerprint density at radius 3 is 2.65 bits per heavy atom. The van der Waals surface area contributed by atoms with Crippen LogP contribution in [0.1, 0.15) is 23.2 Å². The van der Waals surface area contributed by atoms with Gasteiger partial charge in [0.1, 0.15) is 0 Å². The van der Waals surface area contributed by atoms with Crippen LogP contribution in [0.4, 0.5) is 5.69 Å². The number of nitro benzene ring substituents is 1. The van der Waals surface area contributed by atoms with E-state index < -0.39 is 15.5 Å². The van der Waals surface area contributed by atoms with Gasteiger partial charge in [-0.15, -0.1) is 0 Å². The van der Waals surface area contributed by atoms with E-state index in [4.69, 9.17) is 27.9 Å². The number of alkyl halides is 3. The van der Waals surface area contributed by atoms with E-state index in [0.29, 0.717) is 6.61 Å². The Kier molecular flexibility index (Phi) is 7.26. The summed E-state index contributed by atoms with van der Waals surface area (Å²) in [5.74, 6) is -0.455. The molecule has 1 aromatic rings. The van der Waals surface area contributed by atoms with Gasteiger partial charge in [0, 0.05) is 17.0 Å². The SMILES string of the molecule is O=C(c1ccc(OCCCCBr)c([N+](=O)[O-])c1)C(Cl)Cl. The minimum Gasteiger partial charge on any atom is -0.487 e. The van der Waals surface area contributed by atoms with Crippen LogP contribution in [0.15, 0.2) is 18.2 Å². The lowest BCUT2D eigenvalue weighted by Crippen LogP contribution is -2.09. The summed E-state index contributed by atoms with van der Waals surface area (Å²) in [5.41, 5.74) is -0.191. The highest BCUT2D eigenvalue weighted by Crippen LogP contribution is 2.29. The molecule has 0 aromatic heterocycles. The molecule has 0 radical (unpaired) electrons. The van der Waals surface area contributed by atoms with E-state index in [1.807, 2.05) is 0 Å². The van der Waals surface area contributed by atoms with Crippen molar-refractivity contribution >= 4 is 50.6 Å². The van der Waals surface area contributed by atoms with Crippen LogP contribution in [0.3, 0.4) is 0 Å². The Labute approximate surface area is 134 Å². The average molecular weight is 385 g/mol. The molecule has 110 valence electrons. The lowest BCUT2D eigenvalue weighted by atomic mass is 10.1. The minimum absolute atomic E-state index is 0.0829. The number of ketones is 1. The molecule has 0 heterocycles. The molecular weight excluding hydrogens is 373 g/mol. The van der Waals surface area contributed by atoms with Crippen LogP contribution < -0.4 is 4.74 Å². The summed E-state index contributed by atoms with van der Waals surface area (Å²) in [6.45, 7) is 0.368. The van der Waals surface area contributed by atoms with Gasteiger partial charge < -0.3 is 4.74 Å². The van der Waals surface area contributed by atoms with Crippen molar-refractivity contribution in [2.45, 2.75) is 17.7 Å².